The summed E-state index contributed by atoms with van der Waals surface area (Å²) in [6, 6.07) is 10.2. The van der Waals surface area contributed by atoms with E-state index >= 15 is 0 Å². The lowest BCUT2D eigenvalue weighted by atomic mass is 9.76. The molecule has 0 bridgehead atoms. The second kappa shape index (κ2) is 8.81. The molecule has 0 aliphatic carbocycles. The highest BCUT2D eigenvalue weighted by molar-refractivity contribution is 6.31. The van der Waals surface area contributed by atoms with Gasteiger partial charge in [0.2, 0.25) is 0 Å². The zero-order chi connectivity index (χ0) is 19.2. The highest BCUT2D eigenvalue weighted by Crippen LogP contribution is 2.33. The lowest BCUT2D eigenvalue weighted by Crippen LogP contribution is -2.36. The van der Waals surface area contributed by atoms with Gasteiger partial charge >= 0.3 is 5.97 Å². The molecule has 0 atom stereocenters. The Labute approximate surface area is 158 Å². The summed E-state index contributed by atoms with van der Waals surface area (Å²) >= 11 is 5.91. The molecular weight excluding hydrogens is 352 g/mol. The molecule has 0 saturated heterocycles. The van der Waals surface area contributed by atoms with Gasteiger partial charge in [-0.25, -0.2) is 4.98 Å². The van der Waals surface area contributed by atoms with E-state index in [1.165, 1.54) is 0 Å². The smallest absolute Gasteiger partial charge is 0.316 e. The molecule has 0 aliphatic heterocycles. The predicted octanol–water partition coefficient (Wildman–Crippen LogP) is 4.61. The van der Waals surface area contributed by atoms with Crippen LogP contribution in [0.4, 0.5) is 5.82 Å². The Kier molecular flexibility index (Phi) is 6.75. The average Bonchev–Trinajstić information content (AvgIpc) is 2.64. The number of anilines is 1. The highest BCUT2D eigenvalue weighted by Gasteiger charge is 2.38. The number of rotatable bonds is 7. The van der Waals surface area contributed by atoms with Crippen LogP contribution in [0.3, 0.4) is 0 Å². The van der Waals surface area contributed by atoms with E-state index in [0.29, 0.717) is 35.9 Å². The molecule has 2 rings (SSSR count). The van der Waals surface area contributed by atoms with Crippen molar-refractivity contribution in [2.75, 3.05) is 11.9 Å². The van der Waals surface area contributed by atoms with Gasteiger partial charge in [0, 0.05) is 16.8 Å². The second-order valence-corrected chi connectivity index (χ2v) is 6.34. The number of carbonyl (C=O) groups is 2. The monoisotopic (exact) mass is 374 g/mol. The average molecular weight is 375 g/mol. The number of ether oxygens (including phenoxy) is 1. The predicted molar refractivity (Wildman–Crippen MR) is 103 cm³/mol. The van der Waals surface area contributed by atoms with E-state index in [1.807, 2.05) is 19.9 Å². The maximum Gasteiger partial charge on any atom is 0.316 e. The molecular formula is C20H23ClN2O3. The minimum atomic E-state index is -0.724. The van der Waals surface area contributed by atoms with Crippen molar-refractivity contribution in [3.63, 3.8) is 0 Å². The van der Waals surface area contributed by atoms with Crippen LogP contribution in [-0.2, 0) is 14.9 Å². The Balaban J connectivity index is 2.21. The zero-order valence-electron chi connectivity index (χ0n) is 15.2. The van der Waals surface area contributed by atoms with Crippen LogP contribution < -0.4 is 5.32 Å². The molecule has 138 valence electrons. The molecule has 1 heterocycles. The van der Waals surface area contributed by atoms with Crippen LogP contribution in [0.25, 0.3) is 0 Å². The summed E-state index contributed by atoms with van der Waals surface area (Å²) in [7, 11) is 0. The fourth-order valence-electron chi connectivity index (χ4n) is 2.90. The number of hydrogen-bond acceptors (Lipinski definition) is 4. The molecule has 5 nitrogen and oxygen atoms in total. The zero-order valence-corrected chi connectivity index (χ0v) is 16.0. The lowest BCUT2D eigenvalue weighted by molar-refractivity contribution is -0.150. The molecule has 0 saturated carbocycles. The highest BCUT2D eigenvalue weighted by atomic mass is 35.5. The van der Waals surface area contributed by atoms with Crippen molar-refractivity contribution < 1.29 is 14.3 Å². The Morgan fingerprint density at radius 1 is 1.15 bits per heavy atom. The summed E-state index contributed by atoms with van der Waals surface area (Å²) in [6.45, 7) is 6.03. The van der Waals surface area contributed by atoms with E-state index in [1.54, 1.807) is 43.5 Å². The minimum Gasteiger partial charge on any atom is -0.465 e. The van der Waals surface area contributed by atoms with Crippen LogP contribution in [0.2, 0.25) is 5.02 Å². The van der Waals surface area contributed by atoms with Gasteiger partial charge < -0.3 is 10.1 Å². The number of amides is 1. The van der Waals surface area contributed by atoms with Gasteiger partial charge in [0.1, 0.15) is 5.82 Å². The van der Waals surface area contributed by atoms with Gasteiger partial charge in [0.05, 0.1) is 12.0 Å². The van der Waals surface area contributed by atoms with Crippen molar-refractivity contribution in [2.24, 2.45) is 0 Å². The van der Waals surface area contributed by atoms with Crippen LogP contribution in [-0.4, -0.2) is 23.5 Å². The van der Waals surface area contributed by atoms with E-state index in [2.05, 4.69) is 10.3 Å². The van der Waals surface area contributed by atoms with Crippen molar-refractivity contribution in [3.05, 3.63) is 58.7 Å². The third kappa shape index (κ3) is 4.22. The Morgan fingerprint density at radius 2 is 1.88 bits per heavy atom. The third-order valence-corrected chi connectivity index (χ3v) is 4.75. The SMILES string of the molecule is CCOC(=O)C(CC)(CC)c1ccc(NC(=O)c2cccc(Cl)c2)nc1. The summed E-state index contributed by atoms with van der Waals surface area (Å²) in [4.78, 5) is 29.0. The summed E-state index contributed by atoms with van der Waals surface area (Å²) in [5.41, 5.74) is 0.506. The van der Waals surface area contributed by atoms with Gasteiger partial charge in [-0.2, -0.15) is 0 Å². The summed E-state index contributed by atoms with van der Waals surface area (Å²) < 4.78 is 5.26. The van der Waals surface area contributed by atoms with E-state index in [4.69, 9.17) is 16.3 Å². The Morgan fingerprint density at radius 3 is 2.42 bits per heavy atom. The van der Waals surface area contributed by atoms with Crippen LogP contribution in [0, 0.1) is 0 Å². The molecule has 0 unspecified atom stereocenters. The van der Waals surface area contributed by atoms with Crippen LogP contribution in [0.5, 0.6) is 0 Å². The normalized spacial score (nSPS) is 11.1. The van der Waals surface area contributed by atoms with Crippen molar-refractivity contribution in [2.45, 2.75) is 39.0 Å². The quantitative estimate of drug-likeness (QED) is 0.718. The van der Waals surface area contributed by atoms with E-state index in [-0.39, 0.29) is 11.9 Å². The Bertz CT molecular complexity index is 771. The van der Waals surface area contributed by atoms with Crippen molar-refractivity contribution >= 4 is 29.3 Å². The molecule has 1 amide bonds. The number of aromatic nitrogens is 1. The van der Waals surface area contributed by atoms with Gasteiger partial charge in [0.15, 0.2) is 0 Å². The van der Waals surface area contributed by atoms with Crippen molar-refractivity contribution in [3.8, 4) is 0 Å². The molecule has 0 aliphatic rings. The van der Waals surface area contributed by atoms with Gasteiger partial charge in [-0.05, 0) is 49.6 Å². The van der Waals surface area contributed by atoms with Gasteiger partial charge in [-0.15, -0.1) is 0 Å². The summed E-state index contributed by atoms with van der Waals surface area (Å²) in [5, 5.41) is 3.22. The first kappa shape index (κ1) is 19.9. The van der Waals surface area contributed by atoms with Crippen molar-refractivity contribution in [1.82, 2.24) is 4.98 Å². The first-order valence-corrected chi connectivity index (χ1v) is 9.05. The molecule has 6 heteroatoms. The second-order valence-electron chi connectivity index (χ2n) is 5.91. The fourth-order valence-corrected chi connectivity index (χ4v) is 3.09. The minimum absolute atomic E-state index is 0.248. The molecule has 0 radical (unpaired) electrons. The summed E-state index contributed by atoms with van der Waals surface area (Å²) in [5.74, 6) is -0.137. The maximum atomic E-state index is 12.5. The molecule has 1 N–H and O–H groups in total. The first-order chi connectivity index (χ1) is 12.5. The number of esters is 1. The van der Waals surface area contributed by atoms with Gasteiger partial charge in [0.25, 0.3) is 5.91 Å². The molecule has 26 heavy (non-hydrogen) atoms. The lowest BCUT2D eigenvalue weighted by Gasteiger charge is -2.29. The third-order valence-electron chi connectivity index (χ3n) is 4.52. The first-order valence-electron chi connectivity index (χ1n) is 8.67. The molecule has 2 aromatic rings. The van der Waals surface area contributed by atoms with E-state index in [0.717, 1.165) is 5.56 Å². The van der Waals surface area contributed by atoms with Crippen LogP contribution in [0.1, 0.15) is 49.5 Å². The van der Waals surface area contributed by atoms with Crippen molar-refractivity contribution in [1.29, 1.82) is 0 Å². The molecule has 1 aromatic heterocycles. The van der Waals surface area contributed by atoms with Gasteiger partial charge in [-0.1, -0.05) is 37.6 Å². The number of carbonyl (C=O) groups excluding carboxylic acids is 2. The van der Waals surface area contributed by atoms with Crippen LogP contribution >= 0.6 is 11.6 Å². The molecule has 0 fully saturated rings. The van der Waals surface area contributed by atoms with E-state index in [9.17, 15) is 9.59 Å². The summed E-state index contributed by atoms with van der Waals surface area (Å²) in [6.07, 6.45) is 2.84. The maximum absolute atomic E-state index is 12.5. The largest absolute Gasteiger partial charge is 0.465 e. The fraction of sp³-hybridized carbons (Fsp3) is 0.350. The van der Waals surface area contributed by atoms with Crippen LogP contribution in [0.15, 0.2) is 42.6 Å². The number of nitrogens with zero attached hydrogens (tertiary/aromatic N) is 1. The number of benzene rings is 1. The topological polar surface area (TPSA) is 68.3 Å². The number of nitrogens with one attached hydrogen (secondary N) is 1. The molecule has 1 aromatic carbocycles. The number of halogens is 1. The number of hydrogen-bond donors (Lipinski definition) is 1. The standard InChI is InChI=1S/C20H23ClN2O3/c1-4-20(5-2,19(25)26-6-3)15-10-11-17(22-13-15)23-18(24)14-8-7-9-16(21)12-14/h7-13H,4-6H2,1-3H3,(H,22,23,24). The molecule has 0 spiro atoms. The van der Waals surface area contributed by atoms with Gasteiger partial charge in [-0.3, -0.25) is 9.59 Å². The Hall–Kier alpha value is -2.40. The number of pyridine rings is 1. The van der Waals surface area contributed by atoms with E-state index < -0.39 is 5.41 Å².